The predicted molar refractivity (Wildman–Crippen MR) is 127 cm³/mol. The van der Waals surface area contributed by atoms with E-state index in [1.165, 1.54) is 0 Å². The molecule has 0 aliphatic carbocycles. The Balaban J connectivity index is 2.26. The molecule has 0 amide bonds. The quantitative estimate of drug-likeness (QED) is 0.200. The zero-order valence-electron chi connectivity index (χ0n) is 18.6. The van der Waals surface area contributed by atoms with Gasteiger partial charge in [-0.3, -0.25) is 4.79 Å². The average molecular weight is 421 g/mol. The molecular weight excluding hydrogens is 388 g/mol. The number of ketones is 1. The van der Waals surface area contributed by atoms with Gasteiger partial charge in [-0.15, -0.1) is 6.58 Å². The van der Waals surface area contributed by atoms with E-state index in [9.17, 15) is 4.79 Å². The summed E-state index contributed by atoms with van der Waals surface area (Å²) in [6, 6.07) is 11.0. The van der Waals surface area contributed by atoms with Gasteiger partial charge in [-0.25, -0.2) is 0 Å². The van der Waals surface area contributed by atoms with Crippen LogP contribution in [-0.4, -0.2) is 25.6 Å². The van der Waals surface area contributed by atoms with Crippen molar-refractivity contribution in [1.29, 1.82) is 0 Å². The minimum absolute atomic E-state index is 0.0807. The standard InChI is InChI=1S/C27H32O4/c1-5-9-23-19-21(20-26(30-17-7-3)27(23)31-18-8-4)10-15-25(28)22-11-13-24(14-12-22)29-16-6-2/h5-6,10-15,19-20H,1-2,7-9,16-18H2,3-4H3/b15-10+. The summed E-state index contributed by atoms with van der Waals surface area (Å²) in [7, 11) is 0. The van der Waals surface area contributed by atoms with Crippen LogP contribution >= 0.6 is 0 Å². The molecule has 2 rings (SSSR count). The highest BCUT2D eigenvalue weighted by molar-refractivity contribution is 6.06. The minimum Gasteiger partial charge on any atom is -0.490 e. The summed E-state index contributed by atoms with van der Waals surface area (Å²) in [5.74, 6) is 2.08. The van der Waals surface area contributed by atoms with E-state index in [0.717, 1.165) is 29.7 Å². The molecule has 0 heterocycles. The molecule has 164 valence electrons. The number of ether oxygens (including phenoxy) is 3. The van der Waals surface area contributed by atoms with Crippen LogP contribution in [0.3, 0.4) is 0 Å². The lowest BCUT2D eigenvalue weighted by Crippen LogP contribution is -2.04. The highest BCUT2D eigenvalue weighted by atomic mass is 16.5. The third kappa shape index (κ3) is 7.49. The Kier molecular flexibility index (Phi) is 10.2. The molecule has 0 aliphatic rings. The predicted octanol–water partition coefficient (Wildman–Crippen LogP) is 6.45. The number of carbonyl (C=O) groups is 1. The number of benzene rings is 2. The molecule has 0 aliphatic heterocycles. The van der Waals surface area contributed by atoms with E-state index in [4.69, 9.17) is 14.2 Å². The maximum absolute atomic E-state index is 12.6. The van der Waals surface area contributed by atoms with Crippen LogP contribution in [0.5, 0.6) is 17.2 Å². The van der Waals surface area contributed by atoms with Crippen LogP contribution < -0.4 is 14.2 Å². The molecule has 0 radical (unpaired) electrons. The maximum Gasteiger partial charge on any atom is 0.185 e. The van der Waals surface area contributed by atoms with Gasteiger partial charge >= 0.3 is 0 Å². The van der Waals surface area contributed by atoms with Crippen molar-refractivity contribution in [2.75, 3.05) is 19.8 Å². The molecule has 31 heavy (non-hydrogen) atoms. The highest BCUT2D eigenvalue weighted by Crippen LogP contribution is 2.34. The number of allylic oxidation sites excluding steroid dienone is 2. The second-order valence-electron chi connectivity index (χ2n) is 7.02. The first-order valence-corrected chi connectivity index (χ1v) is 10.7. The van der Waals surface area contributed by atoms with Crippen molar-refractivity contribution in [2.24, 2.45) is 0 Å². The monoisotopic (exact) mass is 420 g/mol. The molecule has 0 fully saturated rings. The van der Waals surface area contributed by atoms with Crippen molar-refractivity contribution >= 4 is 11.9 Å². The lowest BCUT2D eigenvalue weighted by Gasteiger charge is -2.17. The molecule has 0 aromatic heterocycles. The first-order chi connectivity index (χ1) is 15.1. The van der Waals surface area contributed by atoms with Gasteiger partial charge in [-0.1, -0.05) is 38.7 Å². The van der Waals surface area contributed by atoms with Crippen molar-refractivity contribution in [3.05, 3.63) is 84.5 Å². The van der Waals surface area contributed by atoms with E-state index in [2.05, 4.69) is 27.0 Å². The first-order valence-electron chi connectivity index (χ1n) is 10.7. The summed E-state index contributed by atoms with van der Waals surface area (Å²) in [6.07, 6.45) is 9.36. The van der Waals surface area contributed by atoms with E-state index in [1.807, 2.05) is 18.2 Å². The number of carbonyl (C=O) groups excluding carboxylic acids is 1. The summed E-state index contributed by atoms with van der Waals surface area (Å²) < 4.78 is 17.4. The van der Waals surface area contributed by atoms with Gasteiger partial charge in [-0.2, -0.15) is 0 Å². The third-order valence-electron chi connectivity index (χ3n) is 4.36. The van der Waals surface area contributed by atoms with E-state index in [-0.39, 0.29) is 5.78 Å². The minimum atomic E-state index is -0.0807. The van der Waals surface area contributed by atoms with Gasteiger partial charge in [0.1, 0.15) is 12.4 Å². The molecule has 0 unspecified atom stereocenters. The molecule has 0 N–H and O–H groups in total. The van der Waals surface area contributed by atoms with Gasteiger partial charge in [0.2, 0.25) is 0 Å². The first kappa shape index (κ1) is 24.0. The number of hydrogen-bond acceptors (Lipinski definition) is 4. The zero-order chi connectivity index (χ0) is 22.5. The smallest absolute Gasteiger partial charge is 0.185 e. The van der Waals surface area contributed by atoms with Crippen LogP contribution in [0.2, 0.25) is 0 Å². The van der Waals surface area contributed by atoms with Crippen molar-refractivity contribution in [1.82, 2.24) is 0 Å². The van der Waals surface area contributed by atoms with E-state index < -0.39 is 0 Å². The van der Waals surface area contributed by atoms with Crippen LogP contribution in [0.1, 0.15) is 48.2 Å². The van der Waals surface area contributed by atoms with Gasteiger partial charge < -0.3 is 14.2 Å². The fraction of sp³-hybridized carbons (Fsp3) is 0.296. The number of rotatable bonds is 14. The molecule has 4 heteroatoms. The van der Waals surface area contributed by atoms with Crippen molar-refractivity contribution in [2.45, 2.75) is 33.1 Å². The third-order valence-corrected chi connectivity index (χ3v) is 4.36. The lowest BCUT2D eigenvalue weighted by atomic mass is 10.0. The van der Waals surface area contributed by atoms with E-state index in [0.29, 0.717) is 43.3 Å². The summed E-state index contributed by atoms with van der Waals surface area (Å²) in [4.78, 5) is 12.6. The Morgan fingerprint density at radius 1 is 0.935 bits per heavy atom. The Labute approximate surface area is 185 Å². The molecule has 2 aromatic rings. The van der Waals surface area contributed by atoms with Crippen LogP contribution in [0.25, 0.3) is 6.08 Å². The summed E-state index contributed by atoms with van der Waals surface area (Å²) in [6.45, 7) is 13.3. The van der Waals surface area contributed by atoms with Gasteiger partial charge in [0, 0.05) is 11.1 Å². The van der Waals surface area contributed by atoms with E-state index in [1.54, 1.807) is 42.5 Å². The van der Waals surface area contributed by atoms with Gasteiger partial charge in [-0.05, 0) is 67.3 Å². The SMILES string of the molecule is C=CCOc1ccc(C(=O)/C=C/c2cc(CC=C)c(OCCC)c(OCCC)c2)cc1. The zero-order valence-corrected chi connectivity index (χ0v) is 18.6. The molecule has 0 bridgehead atoms. The summed E-state index contributed by atoms with van der Waals surface area (Å²) >= 11 is 0. The van der Waals surface area contributed by atoms with E-state index >= 15 is 0 Å². The fourth-order valence-electron chi connectivity index (χ4n) is 2.91. The normalized spacial score (nSPS) is 10.6. The van der Waals surface area contributed by atoms with Gasteiger partial charge in [0.25, 0.3) is 0 Å². The fourth-order valence-corrected chi connectivity index (χ4v) is 2.91. The van der Waals surface area contributed by atoms with Crippen LogP contribution in [0, 0.1) is 0 Å². The van der Waals surface area contributed by atoms with Crippen LogP contribution in [-0.2, 0) is 6.42 Å². The Morgan fingerprint density at radius 3 is 2.29 bits per heavy atom. The molecule has 2 aromatic carbocycles. The topological polar surface area (TPSA) is 44.8 Å². The van der Waals surface area contributed by atoms with Crippen molar-refractivity contribution in [3.63, 3.8) is 0 Å². The summed E-state index contributed by atoms with van der Waals surface area (Å²) in [5, 5.41) is 0. The second kappa shape index (κ2) is 13.1. The highest BCUT2D eigenvalue weighted by Gasteiger charge is 2.13. The second-order valence-corrected chi connectivity index (χ2v) is 7.02. The van der Waals surface area contributed by atoms with Crippen LogP contribution in [0.4, 0.5) is 0 Å². The Hall–Kier alpha value is -3.27. The molecule has 0 saturated carbocycles. The van der Waals surface area contributed by atoms with Crippen molar-refractivity contribution in [3.8, 4) is 17.2 Å². The number of hydrogen-bond donors (Lipinski definition) is 0. The Morgan fingerprint density at radius 2 is 1.65 bits per heavy atom. The Bertz CT molecular complexity index is 894. The molecular formula is C27H32O4. The van der Waals surface area contributed by atoms with Gasteiger partial charge in [0.15, 0.2) is 17.3 Å². The molecule has 0 saturated heterocycles. The average Bonchev–Trinajstić information content (AvgIpc) is 2.79. The maximum atomic E-state index is 12.6. The largest absolute Gasteiger partial charge is 0.490 e. The lowest BCUT2D eigenvalue weighted by molar-refractivity contribution is 0.104. The molecule has 4 nitrogen and oxygen atoms in total. The molecule has 0 atom stereocenters. The van der Waals surface area contributed by atoms with Gasteiger partial charge in [0.05, 0.1) is 13.2 Å². The summed E-state index contributed by atoms with van der Waals surface area (Å²) in [5.41, 5.74) is 2.47. The molecule has 0 spiro atoms. The van der Waals surface area contributed by atoms with Crippen molar-refractivity contribution < 1.29 is 19.0 Å². The van der Waals surface area contributed by atoms with Crippen LogP contribution in [0.15, 0.2) is 67.8 Å².